The van der Waals surface area contributed by atoms with Gasteiger partial charge in [0.15, 0.2) is 0 Å². The molecular weight excluding hydrogens is 358 g/mol. The zero-order valence-corrected chi connectivity index (χ0v) is 16.4. The molecule has 1 saturated heterocycles. The van der Waals surface area contributed by atoms with Crippen LogP contribution in [0.15, 0.2) is 36.5 Å². The van der Waals surface area contributed by atoms with Crippen LogP contribution in [0.1, 0.15) is 39.9 Å². The lowest BCUT2D eigenvalue weighted by atomic mass is 10.1. The molecule has 3 aromatic rings. The molecule has 1 aliphatic rings. The van der Waals surface area contributed by atoms with Crippen LogP contribution in [-0.2, 0) is 6.54 Å². The van der Waals surface area contributed by atoms with Crippen molar-refractivity contribution in [2.75, 3.05) is 26.4 Å². The van der Waals surface area contributed by atoms with Gasteiger partial charge in [-0.15, -0.1) is 11.3 Å². The van der Waals surface area contributed by atoms with Gasteiger partial charge in [0.1, 0.15) is 9.71 Å². The molecule has 0 unspecified atom stereocenters. The average molecular weight is 382 g/mol. The molecule has 27 heavy (non-hydrogen) atoms. The van der Waals surface area contributed by atoms with Crippen molar-refractivity contribution >= 4 is 33.1 Å². The van der Waals surface area contributed by atoms with Gasteiger partial charge in [0, 0.05) is 32.2 Å². The van der Waals surface area contributed by atoms with E-state index in [1.165, 1.54) is 11.3 Å². The van der Waals surface area contributed by atoms with Gasteiger partial charge in [-0.3, -0.25) is 14.7 Å². The molecule has 1 aliphatic heterocycles. The first-order valence-electron chi connectivity index (χ1n) is 9.09. The summed E-state index contributed by atoms with van der Waals surface area (Å²) in [6, 6.07) is 10.4. The second-order valence-electron chi connectivity index (χ2n) is 7.08. The molecular formula is C20H23N5OS. The topological polar surface area (TPSA) is 75.4 Å². The standard InChI is InChI=1S/C20H23N5OS/c1-24(2)20(26)18-17(21)14-8-9-15(23-19(14)27-18)16-7-5-11-25(16)12-13-6-3-4-10-22-13/h3-4,6,8-10,16H,5,7,11-12,21H2,1-2H3/t16-/m1/s1. The molecule has 1 fully saturated rings. The number of nitrogen functional groups attached to an aromatic ring is 1. The summed E-state index contributed by atoms with van der Waals surface area (Å²) in [5.41, 5.74) is 8.86. The Morgan fingerprint density at radius 1 is 1.33 bits per heavy atom. The first-order valence-corrected chi connectivity index (χ1v) is 9.91. The van der Waals surface area contributed by atoms with Gasteiger partial charge in [-0.1, -0.05) is 6.07 Å². The Bertz CT molecular complexity index is 969. The Hall–Kier alpha value is -2.51. The number of thiophene rings is 1. The van der Waals surface area contributed by atoms with E-state index in [9.17, 15) is 4.79 Å². The molecule has 2 N–H and O–H groups in total. The first kappa shape index (κ1) is 17.9. The van der Waals surface area contributed by atoms with Crippen molar-refractivity contribution in [3.63, 3.8) is 0 Å². The van der Waals surface area contributed by atoms with Gasteiger partial charge in [0.2, 0.25) is 0 Å². The molecule has 140 valence electrons. The molecule has 0 aliphatic carbocycles. The predicted octanol–water partition coefficient (Wildman–Crippen LogP) is 3.31. The van der Waals surface area contributed by atoms with E-state index in [1.54, 1.807) is 19.0 Å². The summed E-state index contributed by atoms with van der Waals surface area (Å²) in [5.74, 6) is -0.0744. The summed E-state index contributed by atoms with van der Waals surface area (Å²) in [7, 11) is 3.47. The molecule has 3 aromatic heterocycles. The van der Waals surface area contributed by atoms with Crippen LogP contribution in [0.25, 0.3) is 10.2 Å². The van der Waals surface area contributed by atoms with Crippen LogP contribution in [0.2, 0.25) is 0 Å². The fourth-order valence-electron chi connectivity index (χ4n) is 3.61. The fraction of sp³-hybridized carbons (Fsp3) is 0.350. The van der Waals surface area contributed by atoms with Gasteiger partial charge >= 0.3 is 0 Å². The second kappa shape index (κ2) is 7.25. The number of likely N-dealkylation sites (tertiary alicyclic amines) is 1. The maximum Gasteiger partial charge on any atom is 0.265 e. The minimum atomic E-state index is -0.0744. The molecule has 1 amide bonds. The lowest BCUT2D eigenvalue weighted by Gasteiger charge is -2.23. The number of aromatic nitrogens is 2. The van der Waals surface area contributed by atoms with Crippen LogP contribution in [0.4, 0.5) is 5.69 Å². The van der Waals surface area contributed by atoms with Crippen molar-refractivity contribution in [2.45, 2.75) is 25.4 Å². The predicted molar refractivity (Wildman–Crippen MR) is 109 cm³/mol. The minimum Gasteiger partial charge on any atom is -0.397 e. The Balaban J connectivity index is 1.64. The molecule has 0 radical (unpaired) electrons. The van der Waals surface area contributed by atoms with E-state index < -0.39 is 0 Å². The van der Waals surface area contributed by atoms with Crippen LogP contribution in [-0.4, -0.2) is 46.3 Å². The number of carbonyl (C=O) groups excluding carboxylic acids is 1. The fourth-order valence-corrected chi connectivity index (χ4v) is 4.73. The van der Waals surface area contributed by atoms with E-state index in [-0.39, 0.29) is 11.9 Å². The largest absolute Gasteiger partial charge is 0.397 e. The van der Waals surface area contributed by atoms with E-state index in [2.05, 4.69) is 22.0 Å². The van der Waals surface area contributed by atoms with Crippen molar-refractivity contribution < 1.29 is 4.79 Å². The number of pyridine rings is 2. The Morgan fingerprint density at radius 3 is 2.93 bits per heavy atom. The van der Waals surface area contributed by atoms with Gasteiger partial charge in [0.05, 0.1) is 23.1 Å². The molecule has 0 aromatic carbocycles. The van der Waals surface area contributed by atoms with Crippen LogP contribution in [0.5, 0.6) is 0 Å². The first-order chi connectivity index (χ1) is 13.0. The summed E-state index contributed by atoms with van der Waals surface area (Å²) in [4.78, 5) is 27.1. The van der Waals surface area contributed by atoms with Crippen LogP contribution in [0, 0.1) is 0 Å². The van der Waals surface area contributed by atoms with E-state index in [4.69, 9.17) is 10.7 Å². The molecule has 0 saturated carbocycles. The number of rotatable bonds is 4. The number of hydrogen-bond acceptors (Lipinski definition) is 6. The van der Waals surface area contributed by atoms with Gasteiger partial charge in [0.25, 0.3) is 5.91 Å². The Morgan fingerprint density at radius 2 is 2.19 bits per heavy atom. The highest BCUT2D eigenvalue weighted by Gasteiger charge is 2.28. The number of anilines is 1. The lowest BCUT2D eigenvalue weighted by Crippen LogP contribution is -2.23. The van der Waals surface area contributed by atoms with Crippen LogP contribution >= 0.6 is 11.3 Å². The highest BCUT2D eigenvalue weighted by atomic mass is 32.1. The van der Waals surface area contributed by atoms with E-state index in [1.807, 2.05) is 24.4 Å². The third kappa shape index (κ3) is 3.40. The van der Waals surface area contributed by atoms with Crippen molar-refractivity contribution in [3.05, 3.63) is 52.8 Å². The van der Waals surface area contributed by atoms with E-state index >= 15 is 0 Å². The van der Waals surface area contributed by atoms with Crippen molar-refractivity contribution in [3.8, 4) is 0 Å². The van der Waals surface area contributed by atoms with Crippen molar-refractivity contribution in [2.24, 2.45) is 0 Å². The van der Waals surface area contributed by atoms with E-state index in [0.29, 0.717) is 10.6 Å². The van der Waals surface area contributed by atoms with E-state index in [0.717, 1.165) is 47.5 Å². The van der Waals surface area contributed by atoms with Crippen LogP contribution < -0.4 is 5.73 Å². The molecule has 0 bridgehead atoms. The van der Waals surface area contributed by atoms with Gasteiger partial charge in [-0.05, 0) is 43.7 Å². The second-order valence-corrected chi connectivity index (χ2v) is 8.08. The highest BCUT2D eigenvalue weighted by molar-refractivity contribution is 7.21. The number of nitrogens with two attached hydrogens (primary N) is 1. The zero-order valence-electron chi connectivity index (χ0n) is 15.6. The van der Waals surface area contributed by atoms with Gasteiger partial charge in [-0.2, -0.15) is 0 Å². The number of carbonyl (C=O) groups is 1. The monoisotopic (exact) mass is 381 g/mol. The molecule has 4 rings (SSSR count). The number of fused-ring (bicyclic) bond motifs is 1. The molecule has 7 heteroatoms. The van der Waals surface area contributed by atoms with Gasteiger partial charge < -0.3 is 10.6 Å². The number of nitrogens with zero attached hydrogens (tertiary/aromatic N) is 4. The average Bonchev–Trinajstić information content (AvgIpc) is 3.26. The Labute approximate surface area is 162 Å². The number of hydrogen-bond donors (Lipinski definition) is 1. The smallest absolute Gasteiger partial charge is 0.265 e. The molecule has 4 heterocycles. The normalized spacial score (nSPS) is 17.5. The molecule has 0 spiro atoms. The molecule has 6 nitrogen and oxygen atoms in total. The zero-order chi connectivity index (χ0) is 19.0. The van der Waals surface area contributed by atoms with Crippen molar-refractivity contribution in [1.29, 1.82) is 0 Å². The quantitative estimate of drug-likeness (QED) is 0.750. The summed E-state index contributed by atoms with van der Waals surface area (Å²) < 4.78 is 0. The molecule has 1 atom stereocenters. The Kier molecular flexibility index (Phi) is 4.80. The minimum absolute atomic E-state index is 0.0744. The summed E-state index contributed by atoms with van der Waals surface area (Å²) >= 11 is 1.38. The lowest BCUT2D eigenvalue weighted by molar-refractivity contribution is 0.0833. The number of amides is 1. The van der Waals surface area contributed by atoms with Crippen LogP contribution in [0.3, 0.4) is 0 Å². The summed E-state index contributed by atoms with van der Waals surface area (Å²) in [5, 5.41) is 0.864. The van der Waals surface area contributed by atoms with Crippen molar-refractivity contribution in [1.82, 2.24) is 19.8 Å². The maximum atomic E-state index is 12.3. The maximum absolute atomic E-state index is 12.3. The summed E-state index contributed by atoms with van der Waals surface area (Å²) in [6.45, 7) is 1.86. The summed E-state index contributed by atoms with van der Waals surface area (Å²) in [6.07, 6.45) is 4.06. The highest BCUT2D eigenvalue weighted by Crippen LogP contribution is 2.37. The third-order valence-electron chi connectivity index (χ3n) is 5.01. The SMILES string of the molecule is CN(C)C(=O)c1sc2nc([C@H]3CCCN3Cc3ccccn3)ccc2c1N. The third-order valence-corrected chi connectivity index (χ3v) is 6.12. The van der Waals surface area contributed by atoms with Gasteiger partial charge in [-0.25, -0.2) is 4.98 Å².